The molecule has 1 N–H and O–H groups in total. The van der Waals surface area contributed by atoms with Crippen molar-refractivity contribution in [3.05, 3.63) is 28.2 Å². The van der Waals surface area contributed by atoms with Crippen molar-refractivity contribution < 1.29 is 0 Å². The summed E-state index contributed by atoms with van der Waals surface area (Å²) in [6.45, 7) is 5.53. The summed E-state index contributed by atoms with van der Waals surface area (Å²) in [6.07, 6.45) is 3.84. The Balaban J connectivity index is 2.21. The quantitative estimate of drug-likeness (QED) is 0.850. The molecule has 1 unspecified atom stereocenters. The number of benzene rings is 1. The van der Waals surface area contributed by atoms with Crippen LogP contribution in [0.2, 0.25) is 0 Å². The van der Waals surface area contributed by atoms with E-state index in [-0.39, 0.29) is 0 Å². The van der Waals surface area contributed by atoms with Crippen LogP contribution >= 0.6 is 15.9 Å². The molecule has 1 fully saturated rings. The van der Waals surface area contributed by atoms with Gasteiger partial charge in [-0.15, -0.1) is 0 Å². The Morgan fingerprint density at radius 2 is 2.17 bits per heavy atom. The van der Waals surface area contributed by atoms with Crippen LogP contribution in [-0.2, 0) is 0 Å². The molecule has 1 aliphatic carbocycles. The van der Waals surface area contributed by atoms with Crippen molar-refractivity contribution in [2.75, 3.05) is 18.5 Å². The molecule has 0 heterocycles. The van der Waals surface area contributed by atoms with Crippen LogP contribution in [0.3, 0.4) is 0 Å². The molecule has 3 heteroatoms. The first-order chi connectivity index (χ1) is 8.63. The van der Waals surface area contributed by atoms with Crippen molar-refractivity contribution in [3.63, 3.8) is 0 Å². The van der Waals surface area contributed by atoms with Gasteiger partial charge in [0.2, 0.25) is 0 Å². The highest BCUT2D eigenvalue weighted by Gasteiger charge is 2.28. The normalized spacial score (nSPS) is 16.7. The van der Waals surface area contributed by atoms with Gasteiger partial charge < -0.3 is 10.2 Å². The summed E-state index contributed by atoms with van der Waals surface area (Å²) in [5.41, 5.74) is 2.77. The molecule has 0 aliphatic heterocycles. The molecular formula is C15H23BrN2. The number of anilines is 1. The van der Waals surface area contributed by atoms with Gasteiger partial charge in [0.25, 0.3) is 0 Å². The molecule has 1 saturated carbocycles. The van der Waals surface area contributed by atoms with E-state index in [1.807, 2.05) is 0 Å². The van der Waals surface area contributed by atoms with Gasteiger partial charge in [-0.2, -0.15) is 0 Å². The van der Waals surface area contributed by atoms with Crippen LogP contribution in [0.1, 0.15) is 44.7 Å². The Hall–Kier alpha value is -0.540. The van der Waals surface area contributed by atoms with Gasteiger partial charge in [-0.25, -0.2) is 0 Å². The van der Waals surface area contributed by atoms with E-state index in [9.17, 15) is 0 Å². The van der Waals surface area contributed by atoms with E-state index in [2.05, 4.69) is 65.2 Å². The molecule has 18 heavy (non-hydrogen) atoms. The van der Waals surface area contributed by atoms with Crippen LogP contribution in [0.15, 0.2) is 22.7 Å². The Bertz CT molecular complexity index is 401. The maximum atomic E-state index is 3.59. The van der Waals surface area contributed by atoms with Gasteiger partial charge in [0.15, 0.2) is 0 Å². The molecule has 1 aliphatic rings. The van der Waals surface area contributed by atoms with Gasteiger partial charge >= 0.3 is 0 Å². The second-order valence-corrected chi connectivity index (χ2v) is 6.14. The number of hydrogen-bond donors (Lipinski definition) is 1. The number of halogens is 1. The van der Waals surface area contributed by atoms with Crippen LogP contribution in [0.5, 0.6) is 0 Å². The zero-order chi connectivity index (χ0) is 13.1. The third-order valence-electron chi connectivity index (χ3n) is 3.63. The van der Waals surface area contributed by atoms with E-state index in [0.717, 1.165) is 17.1 Å². The van der Waals surface area contributed by atoms with Gasteiger partial charge in [-0.05, 0) is 56.5 Å². The standard InChI is InChI=1S/C15H23BrN2/c1-4-9-17-11(2)14-10-12(16)5-8-15(14)18(3)13-6-7-13/h5,8,10-11,13,17H,4,6-7,9H2,1-3H3. The van der Waals surface area contributed by atoms with Gasteiger partial charge in [-0.3, -0.25) is 0 Å². The lowest BCUT2D eigenvalue weighted by atomic mass is 10.0. The number of nitrogens with zero attached hydrogens (tertiary/aromatic N) is 1. The van der Waals surface area contributed by atoms with Crippen molar-refractivity contribution >= 4 is 21.6 Å². The van der Waals surface area contributed by atoms with E-state index >= 15 is 0 Å². The molecule has 100 valence electrons. The third-order valence-corrected chi connectivity index (χ3v) is 4.12. The molecule has 0 aromatic heterocycles. The fourth-order valence-electron chi connectivity index (χ4n) is 2.32. The molecule has 2 nitrogen and oxygen atoms in total. The predicted octanol–water partition coefficient (Wildman–Crippen LogP) is 4.11. The van der Waals surface area contributed by atoms with E-state index in [1.54, 1.807) is 0 Å². The Morgan fingerprint density at radius 3 is 2.78 bits per heavy atom. The summed E-state index contributed by atoms with van der Waals surface area (Å²) in [4.78, 5) is 2.44. The van der Waals surface area contributed by atoms with E-state index in [0.29, 0.717) is 6.04 Å². The van der Waals surface area contributed by atoms with Crippen molar-refractivity contribution in [1.82, 2.24) is 5.32 Å². The zero-order valence-corrected chi connectivity index (χ0v) is 13.1. The van der Waals surface area contributed by atoms with Crippen LogP contribution in [0, 0.1) is 0 Å². The first-order valence-electron chi connectivity index (χ1n) is 6.89. The second-order valence-electron chi connectivity index (χ2n) is 5.22. The molecule has 0 radical (unpaired) electrons. The highest BCUT2D eigenvalue weighted by atomic mass is 79.9. The fraction of sp³-hybridized carbons (Fsp3) is 0.600. The molecular weight excluding hydrogens is 288 g/mol. The Kier molecular flexibility index (Phi) is 4.68. The Labute approximate surface area is 119 Å². The molecule has 1 aromatic carbocycles. The first kappa shape index (κ1) is 13.9. The smallest absolute Gasteiger partial charge is 0.0415 e. The van der Waals surface area contributed by atoms with Crippen molar-refractivity contribution in [3.8, 4) is 0 Å². The minimum absolute atomic E-state index is 0.402. The van der Waals surface area contributed by atoms with Crippen LogP contribution in [-0.4, -0.2) is 19.6 Å². The number of hydrogen-bond acceptors (Lipinski definition) is 2. The van der Waals surface area contributed by atoms with Crippen molar-refractivity contribution in [2.24, 2.45) is 0 Å². The van der Waals surface area contributed by atoms with Crippen molar-refractivity contribution in [2.45, 2.75) is 45.2 Å². The van der Waals surface area contributed by atoms with Crippen LogP contribution < -0.4 is 10.2 Å². The lowest BCUT2D eigenvalue weighted by Gasteiger charge is -2.26. The average molecular weight is 311 g/mol. The molecule has 0 saturated heterocycles. The average Bonchev–Trinajstić information content (AvgIpc) is 3.19. The van der Waals surface area contributed by atoms with Gasteiger partial charge in [0.05, 0.1) is 0 Å². The maximum absolute atomic E-state index is 3.59. The highest BCUT2D eigenvalue weighted by molar-refractivity contribution is 9.10. The maximum Gasteiger partial charge on any atom is 0.0415 e. The summed E-state index contributed by atoms with van der Waals surface area (Å²) in [5, 5.41) is 3.58. The zero-order valence-electron chi connectivity index (χ0n) is 11.5. The summed E-state index contributed by atoms with van der Waals surface area (Å²) in [5.74, 6) is 0. The van der Waals surface area contributed by atoms with Crippen LogP contribution in [0.4, 0.5) is 5.69 Å². The number of rotatable bonds is 6. The molecule has 0 bridgehead atoms. The van der Waals surface area contributed by atoms with E-state index in [1.165, 1.54) is 30.5 Å². The molecule has 0 spiro atoms. The largest absolute Gasteiger partial charge is 0.371 e. The lowest BCUT2D eigenvalue weighted by Crippen LogP contribution is -2.25. The van der Waals surface area contributed by atoms with E-state index in [4.69, 9.17) is 0 Å². The summed E-state index contributed by atoms with van der Waals surface area (Å²) in [7, 11) is 2.22. The molecule has 1 aromatic rings. The van der Waals surface area contributed by atoms with Gasteiger partial charge in [0, 0.05) is 29.3 Å². The third kappa shape index (κ3) is 3.27. The first-order valence-corrected chi connectivity index (χ1v) is 7.68. The van der Waals surface area contributed by atoms with Crippen molar-refractivity contribution in [1.29, 1.82) is 0 Å². The molecule has 0 amide bonds. The minimum Gasteiger partial charge on any atom is -0.371 e. The van der Waals surface area contributed by atoms with Gasteiger partial charge in [-0.1, -0.05) is 22.9 Å². The SMILES string of the molecule is CCCNC(C)c1cc(Br)ccc1N(C)C1CC1. The van der Waals surface area contributed by atoms with Crippen LogP contribution in [0.25, 0.3) is 0 Å². The predicted molar refractivity (Wildman–Crippen MR) is 82.3 cm³/mol. The molecule has 2 rings (SSSR count). The highest BCUT2D eigenvalue weighted by Crippen LogP contribution is 2.35. The lowest BCUT2D eigenvalue weighted by molar-refractivity contribution is 0.569. The molecule has 1 atom stereocenters. The summed E-state index contributed by atoms with van der Waals surface area (Å²) >= 11 is 3.59. The Morgan fingerprint density at radius 1 is 1.44 bits per heavy atom. The van der Waals surface area contributed by atoms with E-state index < -0.39 is 0 Å². The minimum atomic E-state index is 0.402. The fourth-order valence-corrected chi connectivity index (χ4v) is 2.70. The summed E-state index contributed by atoms with van der Waals surface area (Å²) < 4.78 is 1.16. The second kappa shape index (κ2) is 6.07. The number of nitrogens with one attached hydrogen (secondary N) is 1. The van der Waals surface area contributed by atoms with Gasteiger partial charge in [0.1, 0.15) is 0 Å². The monoisotopic (exact) mass is 310 g/mol. The summed E-state index contributed by atoms with van der Waals surface area (Å²) in [6, 6.07) is 7.79. The topological polar surface area (TPSA) is 15.3 Å².